The number of rotatable bonds is 4. The van der Waals surface area contributed by atoms with Crippen LogP contribution in [0.15, 0.2) is 21.3 Å². The van der Waals surface area contributed by atoms with Crippen molar-refractivity contribution in [2.24, 2.45) is 0 Å². The fourth-order valence-electron chi connectivity index (χ4n) is 1.11. The molecule has 2 aromatic heterocycles. The highest BCUT2D eigenvalue weighted by molar-refractivity contribution is 7.07. The van der Waals surface area contributed by atoms with E-state index >= 15 is 0 Å². The topological polar surface area (TPSA) is 51.0 Å². The van der Waals surface area contributed by atoms with E-state index in [1.54, 1.807) is 11.3 Å². The van der Waals surface area contributed by atoms with Gasteiger partial charge < -0.3 is 9.84 Å². The van der Waals surface area contributed by atoms with Crippen molar-refractivity contribution < 1.29 is 4.52 Å². The Bertz CT molecular complexity index is 408. The molecule has 0 unspecified atom stereocenters. The van der Waals surface area contributed by atoms with Gasteiger partial charge in [-0.1, -0.05) is 19.0 Å². The van der Waals surface area contributed by atoms with Crippen LogP contribution in [0.25, 0.3) is 0 Å². The summed E-state index contributed by atoms with van der Waals surface area (Å²) in [6.45, 7) is 4.80. The van der Waals surface area contributed by atoms with Crippen LogP contribution in [0.5, 0.6) is 0 Å². The van der Waals surface area contributed by atoms with Crippen LogP contribution < -0.4 is 5.32 Å². The Hall–Kier alpha value is -1.36. The molecule has 0 amide bonds. The van der Waals surface area contributed by atoms with E-state index in [0.29, 0.717) is 11.9 Å². The average molecular weight is 223 g/mol. The monoisotopic (exact) mass is 223 g/mol. The Morgan fingerprint density at radius 3 is 3.00 bits per heavy atom. The number of hydrogen-bond donors (Lipinski definition) is 1. The minimum Gasteiger partial charge on any atom is -0.334 e. The van der Waals surface area contributed by atoms with Crippen molar-refractivity contribution >= 4 is 17.4 Å². The van der Waals surface area contributed by atoms with Gasteiger partial charge in [-0.05, 0) is 22.4 Å². The van der Waals surface area contributed by atoms with Crippen molar-refractivity contribution in [3.05, 3.63) is 28.2 Å². The lowest BCUT2D eigenvalue weighted by Gasteiger charge is -1.96. The van der Waals surface area contributed by atoms with E-state index in [1.807, 2.05) is 19.2 Å². The second kappa shape index (κ2) is 4.44. The molecule has 0 fully saturated rings. The molecule has 0 atom stereocenters. The maximum atomic E-state index is 5.06. The number of nitrogens with one attached hydrogen (secondary N) is 1. The number of nitrogens with zero attached hydrogens (tertiary/aromatic N) is 2. The molecule has 0 aliphatic rings. The summed E-state index contributed by atoms with van der Waals surface area (Å²) in [5.41, 5.74) is 1.23. The first kappa shape index (κ1) is 10.2. The van der Waals surface area contributed by atoms with Crippen LogP contribution >= 0.6 is 11.3 Å². The van der Waals surface area contributed by atoms with Crippen LogP contribution in [0, 0.1) is 0 Å². The molecule has 0 aliphatic heterocycles. The molecule has 2 aromatic rings. The van der Waals surface area contributed by atoms with Crippen LogP contribution in [-0.2, 0) is 6.54 Å². The Balaban J connectivity index is 1.94. The standard InChI is InChI=1S/C10H13N3OS/c1-7(2)9-12-10(14-13-9)11-5-8-3-4-15-6-8/h3-4,6-7H,5H2,1-2H3,(H,11,12,13). The van der Waals surface area contributed by atoms with Crippen molar-refractivity contribution in [2.45, 2.75) is 26.3 Å². The molecule has 0 aromatic carbocycles. The number of hydrogen-bond acceptors (Lipinski definition) is 5. The maximum absolute atomic E-state index is 5.06. The first-order valence-corrected chi connectivity index (χ1v) is 5.78. The molecule has 4 nitrogen and oxygen atoms in total. The molecule has 2 rings (SSSR count). The molecule has 0 bridgehead atoms. The summed E-state index contributed by atoms with van der Waals surface area (Å²) in [5.74, 6) is 1.04. The molecule has 0 saturated carbocycles. The molecule has 0 spiro atoms. The zero-order chi connectivity index (χ0) is 10.7. The molecular formula is C10H13N3OS. The minimum atomic E-state index is 0.297. The predicted octanol–water partition coefficient (Wildman–Crippen LogP) is 2.87. The molecule has 80 valence electrons. The fourth-order valence-corrected chi connectivity index (χ4v) is 1.78. The lowest BCUT2D eigenvalue weighted by atomic mass is 10.2. The molecule has 0 saturated heterocycles. The Morgan fingerprint density at radius 1 is 1.53 bits per heavy atom. The Labute approximate surface area is 92.3 Å². The van der Waals surface area contributed by atoms with Gasteiger partial charge in [0.05, 0.1) is 0 Å². The van der Waals surface area contributed by atoms with E-state index in [9.17, 15) is 0 Å². The zero-order valence-electron chi connectivity index (χ0n) is 8.73. The summed E-state index contributed by atoms with van der Waals surface area (Å²) in [6.07, 6.45) is 0. The van der Waals surface area contributed by atoms with Crippen molar-refractivity contribution in [1.82, 2.24) is 10.1 Å². The SMILES string of the molecule is CC(C)c1noc(NCc2ccsc2)n1. The minimum absolute atomic E-state index is 0.297. The van der Waals surface area contributed by atoms with Crippen LogP contribution in [0.4, 0.5) is 6.01 Å². The molecule has 5 heteroatoms. The molecule has 0 aliphatic carbocycles. The van der Waals surface area contributed by atoms with Crippen LogP contribution in [-0.4, -0.2) is 10.1 Å². The number of aromatic nitrogens is 2. The second-order valence-electron chi connectivity index (χ2n) is 3.60. The first-order valence-electron chi connectivity index (χ1n) is 4.84. The van der Waals surface area contributed by atoms with Gasteiger partial charge in [0.25, 0.3) is 0 Å². The number of anilines is 1. The van der Waals surface area contributed by atoms with Gasteiger partial charge in [0.2, 0.25) is 0 Å². The highest BCUT2D eigenvalue weighted by atomic mass is 32.1. The largest absolute Gasteiger partial charge is 0.334 e. The van der Waals surface area contributed by atoms with E-state index < -0.39 is 0 Å². The van der Waals surface area contributed by atoms with Gasteiger partial charge in [0.1, 0.15) is 0 Å². The second-order valence-corrected chi connectivity index (χ2v) is 4.38. The van der Waals surface area contributed by atoms with E-state index in [2.05, 4.69) is 26.9 Å². The highest BCUT2D eigenvalue weighted by Crippen LogP contribution is 2.14. The Kier molecular flexibility index (Phi) is 3.01. The average Bonchev–Trinajstić information content (AvgIpc) is 2.86. The third-order valence-electron chi connectivity index (χ3n) is 1.98. The predicted molar refractivity (Wildman–Crippen MR) is 60.0 cm³/mol. The van der Waals surface area contributed by atoms with Gasteiger partial charge in [-0.25, -0.2) is 0 Å². The molecule has 15 heavy (non-hydrogen) atoms. The summed E-state index contributed by atoms with van der Waals surface area (Å²) in [6, 6.07) is 2.56. The summed E-state index contributed by atoms with van der Waals surface area (Å²) in [5, 5.41) is 11.1. The third kappa shape index (κ3) is 2.56. The van der Waals surface area contributed by atoms with Gasteiger partial charge in [0, 0.05) is 12.5 Å². The summed E-state index contributed by atoms with van der Waals surface area (Å²) in [7, 11) is 0. The zero-order valence-corrected chi connectivity index (χ0v) is 9.54. The summed E-state index contributed by atoms with van der Waals surface area (Å²) >= 11 is 1.68. The van der Waals surface area contributed by atoms with E-state index in [4.69, 9.17) is 4.52 Å². The lowest BCUT2D eigenvalue weighted by molar-refractivity contribution is 0.419. The van der Waals surface area contributed by atoms with Crippen molar-refractivity contribution in [3.63, 3.8) is 0 Å². The van der Waals surface area contributed by atoms with Crippen LogP contribution in [0.1, 0.15) is 31.2 Å². The van der Waals surface area contributed by atoms with Crippen molar-refractivity contribution in [2.75, 3.05) is 5.32 Å². The van der Waals surface area contributed by atoms with Crippen molar-refractivity contribution in [1.29, 1.82) is 0 Å². The number of thiophene rings is 1. The molecule has 1 N–H and O–H groups in total. The summed E-state index contributed by atoms with van der Waals surface area (Å²) < 4.78 is 5.06. The highest BCUT2D eigenvalue weighted by Gasteiger charge is 2.08. The van der Waals surface area contributed by atoms with Crippen LogP contribution in [0.3, 0.4) is 0 Å². The lowest BCUT2D eigenvalue weighted by Crippen LogP contribution is -1.98. The fraction of sp³-hybridized carbons (Fsp3) is 0.400. The molecule has 0 radical (unpaired) electrons. The van der Waals surface area contributed by atoms with Crippen LogP contribution in [0.2, 0.25) is 0 Å². The van der Waals surface area contributed by atoms with E-state index in [-0.39, 0.29) is 0 Å². The smallest absolute Gasteiger partial charge is 0.321 e. The van der Waals surface area contributed by atoms with Gasteiger partial charge >= 0.3 is 6.01 Å². The van der Waals surface area contributed by atoms with E-state index in [0.717, 1.165) is 12.4 Å². The quantitative estimate of drug-likeness (QED) is 0.866. The molecular weight excluding hydrogens is 210 g/mol. The third-order valence-corrected chi connectivity index (χ3v) is 2.71. The van der Waals surface area contributed by atoms with Gasteiger partial charge in [0.15, 0.2) is 5.82 Å². The molecule has 2 heterocycles. The Morgan fingerprint density at radius 2 is 2.40 bits per heavy atom. The van der Waals surface area contributed by atoms with Gasteiger partial charge in [-0.3, -0.25) is 0 Å². The van der Waals surface area contributed by atoms with Gasteiger partial charge in [-0.2, -0.15) is 16.3 Å². The van der Waals surface area contributed by atoms with Gasteiger partial charge in [-0.15, -0.1) is 0 Å². The normalized spacial score (nSPS) is 10.9. The summed E-state index contributed by atoms with van der Waals surface area (Å²) in [4.78, 5) is 4.22. The van der Waals surface area contributed by atoms with Crippen molar-refractivity contribution in [3.8, 4) is 0 Å². The first-order chi connectivity index (χ1) is 7.25. The van der Waals surface area contributed by atoms with E-state index in [1.165, 1.54) is 5.56 Å². The maximum Gasteiger partial charge on any atom is 0.321 e.